The number of hydrazine groups is 1. The van der Waals surface area contributed by atoms with Gasteiger partial charge in [0.05, 0.1) is 0 Å². The van der Waals surface area contributed by atoms with Crippen molar-refractivity contribution in [2.24, 2.45) is 5.84 Å². The molecule has 4 N–H and O–H groups in total. The maximum atomic E-state index is 10.6. The topological polar surface area (TPSA) is 75.3 Å². The van der Waals surface area contributed by atoms with Crippen LogP contribution in [0.2, 0.25) is 0 Å². The van der Waals surface area contributed by atoms with Crippen LogP contribution in [-0.2, 0) is 4.79 Å². The quantitative estimate of drug-likeness (QED) is 0.496. The van der Waals surface area contributed by atoms with Gasteiger partial charge in [0.1, 0.15) is 0 Å². The molecule has 0 aromatic carbocycles. The van der Waals surface area contributed by atoms with Crippen LogP contribution in [0, 0.1) is 0 Å². The van der Waals surface area contributed by atoms with Gasteiger partial charge in [0, 0.05) is 6.04 Å². The molecule has 1 aliphatic carbocycles. The van der Waals surface area contributed by atoms with Crippen molar-refractivity contribution < 1.29 is 23.1 Å². The molecule has 0 atom stereocenters. The largest absolute Gasteiger partial charge is 0.490 e. The van der Waals surface area contributed by atoms with E-state index < -0.39 is 12.1 Å². The predicted molar refractivity (Wildman–Crippen MR) is 57.1 cm³/mol. The zero-order valence-corrected chi connectivity index (χ0v) is 9.59. The third-order valence-corrected chi connectivity index (χ3v) is 2.58. The van der Waals surface area contributed by atoms with Crippen LogP contribution in [0.3, 0.4) is 0 Å². The first-order chi connectivity index (χ1) is 7.88. The van der Waals surface area contributed by atoms with Gasteiger partial charge in [-0.2, -0.15) is 13.2 Å². The van der Waals surface area contributed by atoms with Gasteiger partial charge in [0.15, 0.2) is 0 Å². The molecule has 1 aliphatic rings. The molecule has 0 aromatic heterocycles. The van der Waals surface area contributed by atoms with Crippen LogP contribution in [-0.4, -0.2) is 23.3 Å². The van der Waals surface area contributed by atoms with Gasteiger partial charge >= 0.3 is 12.1 Å². The first kappa shape index (κ1) is 16.2. The average molecular weight is 256 g/mol. The summed E-state index contributed by atoms with van der Waals surface area (Å²) in [5.41, 5.74) is 2.87. The fourth-order valence-corrected chi connectivity index (χ4v) is 1.62. The number of hydrogen-bond donors (Lipinski definition) is 3. The van der Waals surface area contributed by atoms with Gasteiger partial charge in [0.2, 0.25) is 0 Å². The molecule has 1 rings (SSSR count). The van der Waals surface area contributed by atoms with E-state index in [1.807, 2.05) is 0 Å². The van der Waals surface area contributed by atoms with Crippen molar-refractivity contribution in [1.29, 1.82) is 0 Å². The molecule has 0 bridgehead atoms. The van der Waals surface area contributed by atoms with Gasteiger partial charge in [-0.15, -0.1) is 0 Å². The van der Waals surface area contributed by atoms with E-state index in [1.165, 1.54) is 44.9 Å². The Balaban J connectivity index is 0.000000325. The van der Waals surface area contributed by atoms with Crippen molar-refractivity contribution in [3.05, 3.63) is 0 Å². The van der Waals surface area contributed by atoms with E-state index in [1.54, 1.807) is 0 Å². The first-order valence-corrected chi connectivity index (χ1v) is 5.64. The summed E-state index contributed by atoms with van der Waals surface area (Å²) in [4.78, 5) is 8.90. The van der Waals surface area contributed by atoms with Gasteiger partial charge in [-0.3, -0.25) is 11.3 Å². The lowest BCUT2D eigenvalue weighted by atomic mass is 9.97. The van der Waals surface area contributed by atoms with Crippen molar-refractivity contribution in [2.75, 3.05) is 0 Å². The highest BCUT2D eigenvalue weighted by Gasteiger charge is 2.38. The average Bonchev–Trinajstić information content (AvgIpc) is 2.16. The summed E-state index contributed by atoms with van der Waals surface area (Å²) >= 11 is 0. The number of hydrogen-bond acceptors (Lipinski definition) is 3. The fourth-order valence-electron chi connectivity index (χ4n) is 1.62. The summed E-state index contributed by atoms with van der Waals surface area (Å²) < 4.78 is 31.7. The Morgan fingerprint density at radius 1 is 1.12 bits per heavy atom. The van der Waals surface area contributed by atoms with Crippen LogP contribution >= 0.6 is 0 Å². The minimum atomic E-state index is -5.08. The number of alkyl halides is 3. The Morgan fingerprint density at radius 2 is 1.47 bits per heavy atom. The summed E-state index contributed by atoms with van der Waals surface area (Å²) in [6, 6.07) is 0.597. The van der Waals surface area contributed by atoms with E-state index >= 15 is 0 Å². The molecule has 1 fully saturated rings. The SMILES string of the molecule is NNC1CCCCCCC1.O=C(O)C(F)(F)F. The zero-order chi connectivity index (χ0) is 13.3. The molecule has 4 nitrogen and oxygen atoms in total. The van der Waals surface area contributed by atoms with Gasteiger partial charge in [-0.05, 0) is 12.8 Å². The van der Waals surface area contributed by atoms with E-state index in [2.05, 4.69) is 5.43 Å². The highest BCUT2D eigenvalue weighted by Crippen LogP contribution is 2.16. The number of carbonyl (C=O) groups is 1. The fraction of sp³-hybridized carbons (Fsp3) is 0.900. The molecule has 102 valence electrons. The molecule has 0 radical (unpaired) electrons. The van der Waals surface area contributed by atoms with E-state index in [-0.39, 0.29) is 0 Å². The molecule has 17 heavy (non-hydrogen) atoms. The molecular weight excluding hydrogens is 237 g/mol. The summed E-state index contributed by atoms with van der Waals surface area (Å²) in [6.07, 6.45) is 4.41. The Bertz CT molecular complexity index is 214. The maximum Gasteiger partial charge on any atom is 0.490 e. The van der Waals surface area contributed by atoms with Gasteiger partial charge < -0.3 is 5.11 Å². The third-order valence-electron chi connectivity index (χ3n) is 2.58. The van der Waals surface area contributed by atoms with Crippen molar-refractivity contribution in [1.82, 2.24) is 5.43 Å². The summed E-state index contributed by atoms with van der Waals surface area (Å²) in [5.74, 6) is 2.62. The van der Waals surface area contributed by atoms with E-state index in [9.17, 15) is 13.2 Å². The van der Waals surface area contributed by atoms with Crippen molar-refractivity contribution in [3.63, 3.8) is 0 Å². The van der Waals surface area contributed by atoms with Gasteiger partial charge in [-0.1, -0.05) is 32.1 Å². The molecule has 0 unspecified atom stereocenters. The van der Waals surface area contributed by atoms with Crippen molar-refractivity contribution >= 4 is 5.97 Å². The minimum absolute atomic E-state index is 0.597. The van der Waals surface area contributed by atoms with Crippen molar-refractivity contribution in [3.8, 4) is 0 Å². The number of nitrogens with two attached hydrogens (primary N) is 1. The van der Waals surface area contributed by atoms with Crippen LogP contribution in [0.25, 0.3) is 0 Å². The Hall–Kier alpha value is -0.820. The van der Waals surface area contributed by atoms with Crippen LogP contribution in [0.1, 0.15) is 44.9 Å². The number of carboxylic acid groups (broad SMARTS) is 1. The predicted octanol–water partition coefficient (Wildman–Crippen LogP) is 2.20. The number of rotatable bonds is 1. The summed E-state index contributed by atoms with van der Waals surface area (Å²) in [7, 11) is 0. The van der Waals surface area contributed by atoms with E-state index in [0.29, 0.717) is 6.04 Å². The number of halogens is 3. The molecule has 0 aromatic rings. The Labute approximate surface area is 98.3 Å². The van der Waals surface area contributed by atoms with Crippen molar-refractivity contribution in [2.45, 2.75) is 57.2 Å². The molecule has 1 saturated carbocycles. The summed E-state index contributed by atoms with van der Waals surface area (Å²) in [5, 5.41) is 7.12. The molecule has 7 heteroatoms. The smallest absolute Gasteiger partial charge is 0.475 e. The highest BCUT2D eigenvalue weighted by molar-refractivity contribution is 5.73. The minimum Gasteiger partial charge on any atom is -0.475 e. The third kappa shape index (κ3) is 8.93. The molecular formula is C10H19F3N2O2. The van der Waals surface area contributed by atoms with Gasteiger partial charge in [-0.25, -0.2) is 4.79 Å². The Kier molecular flexibility index (Phi) is 7.90. The standard InChI is InChI=1S/C8H18N2.C2HF3O2/c9-10-8-6-4-2-1-3-5-7-8;3-2(4,5)1(6)7/h8,10H,1-7,9H2;(H,6,7). The van der Waals surface area contributed by atoms with Crippen LogP contribution in [0.5, 0.6) is 0 Å². The van der Waals surface area contributed by atoms with Crippen LogP contribution < -0.4 is 11.3 Å². The van der Waals surface area contributed by atoms with E-state index in [0.717, 1.165) is 0 Å². The normalized spacial score (nSPS) is 18.6. The second-order valence-electron chi connectivity index (χ2n) is 4.01. The second kappa shape index (κ2) is 8.30. The molecule has 0 spiro atoms. The monoisotopic (exact) mass is 256 g/mol. The number of aliphatic carboxylic acids is 1. The number of nitrogens with one attached hydrogen (secondary N) is 1. The lowest BCUT2D eigenvalue weighted by Gasteiger charge is -2.17. The van der Waals surface area contributed by atoms with Gasteiger partial charge in [0.25, 0.3) is 0 Å². The van der Waals surface area contributed by atoms with E-state index in [4.69, 9.17) is 15.7 Å². The number of carboxylic acids is 1. The second-order valence-corrected chi connectivity index (χ2v) is 4.01. The molecule has 0 saturated heterocycles. The Morgan fingerprint density at radius 3 is 1.76 bits per heavy atom. The lowest BCUT2D eigenvalue weighted by molar-refractivity contribution is -0.192. The maximum absolute atomic E-state index is 10.6. The van der Waals surface area contributed by atoms with Crippen LogP contribution in [0.15, 0.2) is 0 Å². The molecule has 0 heterocycles. The molecule has 0 amide bonds. The lowest BCUT2D eigenvalue weighted by Crippen LogP contribution is -2.35. The zero-order valence-electron chi connectivity index (χ0n) is 9.59. The summed E-state index contributed by atoms with van der Waals surface area (Å²) in [6.45, 7) is 0. The highest BCUT2D eigenvalue weighted by atomic mass is 19.4. The first-order valence-electron chi connectivity index (χ1n) is 5.64. The molecule has 0 aliphatic heterocycles. The van der Waals surface area contributed by atoms with Crippen LogP contribution in [0.4, 0.5) is 13.2 Å².